The van der Waals surface area contributed by atoms with Crippen LogP contribution in [0.1, 0.15) is 6.92 Å². The molecule has 2 rings (SSSR count). The maximum absolute atomic E-state index is 12.3. The van der Waals surface area contributed by atoms with Crippen LogP contribution in [-0.2, 0) is 9.84 Å². The number of benzene rings is 2. The molecule has 0 atom stereocenters. The van der Waals surface area contributed by atoms with E-state index in [9.17, 15) is 8.42 Å². The van der Waals surface area contributed by atoms with Crippen molar-refractivity contribution in [1.82, 2.24) is 10.6 Å². The van der Waals surface area contributed by atoms with Crippen molar-refractivity contribution in [2.75, 3.05) is 32.0 Å². The molecular formula is C19H26IN3O3S. The molecule has 0 bridgehead atoms. The number of hydrogen-bond donors (Lipinski definition) is 2. The van der Waals surface area contributed by atoms with Gasteiger partial charge in [0.05, 0.1) is 23.7 Å². The van der Waals surface area contributed by atoms with Gasteiger partial charge in [-0.2, -0.15) is 0 Å². The Kier molecular flexibility index (Phi) is 10.8. The van der Waals surface area contributed by atoms with E-state index in [4.69, 9.17) is 4.74 Å². The van der Waals surface area contributed by atoms with Crippen molar-refractivity contribution < 1.29 is 13.2 Å². The Morgan fingerprint density at radius 2 is 1.63 bits per heavy atom. The third kappa shape index (κ3) is 8.61. The average molecular weight is 503 g/mol. The number of aliphatic imine (C=N–C) groups is 1. The summed E-state index contributed by atoms with van der Waals surface area (Å²) in [5.74, 6) is 1.35. The zero-order valence-corrected chi connectivity index (χ0v) is 18.4. The fourth-order valence-electron chi connectivity index (χ4n) is 2.22. The third-order valence-electron chi connectivity index (χ3n) is 3.48. The van der Waals surface area contributed by atoms with Gasteiger partial charge in [0.1, 0.15) is 12.4 Å². The summed E-state index contributed by atoms with van der Waals surface area (Å²) < 4.78 is 30.1. The summed E-state index contributed by atoms with van der Waals surface area (Å²) in [6.07, 6.45) is 0. The normalized spacial score (nSPS) is 11.4. The molecule has 0 unspecified atom stereocenters. The predicted octanol–water partition coefficient (Wildman–Crippen LogP) is 2.71. The van der Waals surface area contributed by atoms with E-state index in [1.807, 2.05) is 37.3 Å². The minimum Gasteiger partial charge on any atom is -0.492 e. The maximum Gasteiger partial charge on any atom is 0.191 e. The molecule has 0 heterocycles. The van der Waals surface area contributed by atoms with Gasteiger partial charge in [-0.25, -0.2) is 8.42 Å². The fraction of sp³-hybridized carbons (Fsp3) is 0.316. The van der Waals surface area contributed by atoms with Gasteiger partial charge in [-0.1, -0.05) is 36.4 Å². The van der Waals surface area contributed by atoms with Gasteiger partial charge in [0.25, 0.3) is 0 Å². The van der Waals surface area contributed by atoms with Crippen LogP contribution in [0.5, 0.6) is 5.75 Å². The smallest absolute Gasteiger partial charge is 0.191 e. The number of nitrogens with zero attached hydrogens (tertiary/aromatic N) is 1. The number of ether oxygens (including phenoxy) is 1. The first-order valence-electron chi connectivity index (χ1n) is 8.59. The monoisotopic (exact) mass is 503 g/mol. The van der Waals surface area contributed by atoms with Gasteiger partial charge < -0.3 is 15.4 Å². The SMILES string of the molecule is CCNC(=NCCS(=O)(=O)c1ccccc1)NCCOc1ccccc1.I. The molecule has 0 aromatic heterocycles. The molecule has 2 N–H and O–H groups in total. The summed E-state index contributed by atoms with van der Waals surface area (Å²) in [5, 5.41) is 6.23. The fourth-order valence-corrected chi connectivity index (χ4v) is 3.36. The van der Waals surface area contributed by atoms with E-state index in [2.05, 4.69) is 15.6 Å². The summed E-state index contributed by atoms with van der Waals surface area (Å²) in [4.78, 5) is 4.65. The van der Waals surface area contributed by atoms with Gasteiger partial charge in [-0.15, -0.1) is 24.0 Å². The first-order valence-corrected chi connectivity index (χ1v) is 10.2. The predicted molar refractivity (Wildman–Crippen MR) is 120 cm³/mol. The summed E-state index contributed by atoms with van der Waals surface area (Å²) in [6, 6.07) is 18.0. The second-order valence-corrected chi connectivity index (χ2v) is 7.59. The van der Waals surface area contributed by atoms with E-state index in [0.717, 1.165) is 5.75 Å². The Bertz CT molecular complexity index is 784. The number of rotatable bonds is 9. The van der Waals surface area contributed by atoms with Crippen molar-refractivity contribution in [3.8, 4) is 5.75 Å². The van der Waals surface area contributed by atoms with Gasteiger partial charge in [-0.3, -0.25) is 4.99 Å². The lowest BCUT2D eigenvalue weighted by Gasteiger charge is -2.12. The van der Waals surface area contributed by atoms with E-state index in [1.54, 1.807) is 30.3 Å². The number of sulfone groups is 1. The highest BCUT2D eigenvalue weighted by Crippen LogP contribution is 2.09. The number of para-hydroxylation sites is 1. The molecule has 8 heteroatoms. The standard InChI is InChI=1S/C19H25N3O3S.HI/c1-2-20-19(21-13-15-25-17-9-5-3-6-10-17)22-14-16-26(23,24)18-11-7-4-8-12-18;/h3-12H,2,13-16H2,1H3,(H2,20,21,22);1H. The zero-order chi connectivity index (χ0) is 18.7. The first kappa shape index (κ1) is 23.2. The molecule has 0 saturated heterocycles. The number of guanidine groups is 1. The summed E-state index contributed by atoms with van der Waals surface area (Å²) >= 11 is 0. The van der Waals surface area contributed by atoms with Crippen LogP contribution in [0.15, 0.2) is 70.6 Å². The molecule has 2 aromatic carbocycles. The van der Waals surface area contributed by atoms with E-state index < -0.39 is 9.84 Å². The van der Waals surface area contributed by atoms with Gasteiger partial charge in [-0.05, 0) is 31.2 Å². The molecule has 0 spiro atoms. The second kappa shape index (κ2) is 12.6. The van der Waals surface area contributed by atoms with E-state index >= 15 is 0 Å². The summed E-state index contributed by atoms with van der Waals surface area (Å²) in [6.45, 7) is 3.88. The van der Waals surface area contributed by atoms with E-state index in [-0.39, 0.29) is 36.3 Å². The van der Waals surface area contributed by atoms with Crippen LogP contribution in [0.25, 0.3) is 0 Å². The van der Waals surface area contributed by atoms with Crippen LogP contribution in [0.4, 0.5) is 0 Å². The van der Waals surface area contributed by atoms with Gasteiger partial charge in [0.2, 0.25) is 0 Å². The Morgan fingerprint density at radius 1 is 1.00 bits per heavy atom. The van der Waals surface area contributed by atoms with Crippen molar-refractivity contribution in [2.24, 2.45) is 4.99 Å². The molecule has 6 nitrogen and oxygen atoms in total. The Labute approximate surface area is 178 Å². The molecule has 0 aliphatic heterocycles. The molecule has 0 aliphatic carbocycles. The van der Waals surface area contributed by atoms with Gasteiger partial charge in [0, 0.05) is 6.54 Å². The summed E-state index contributed by atoms with van der Waals surface area (Å²) in [5.41, 5.74) is 0. The lowest BCUT2D eigenvalue weighted by atomic mass is 10.3. The van der Waals surface area contributed by atoms with E-state index in [1.165, 1.54) is 0 Å². The van der Waals surface area contributed by atoms with Crippen molar-refractivity contribution in [3.05, 3.63) is 60.7 Å². The molecule has 0 aliphatic rings. The van der Waals surface area contributed by atoms with Crippen LogP contribution < -0.4 is 15.4 Å². The van der Waals surface area contributed by atoms with Crippen LogP contribution >= 0.6 is 24.0 Å². The van der Waals surface area contributed by atoms with Crippen LogP contribution in [0.2, 0.25) is 0 Å². The van der Waals surface area contributed by atoms with Crippen molar-refractivity contribution in [2.45, 2.75) is 11.8 Å². The third-order valence-corrected chi connectivity index (χ3v) is 5.19. The number of halogens is 1. The maximum atomic E-state index is 12.3. The Balaban J connectivity index is 0.00000364. The molecule has 27 heavy (non-hydrogen) atoms. The highest BCUT2D eigenvalue weighted by Gasteiger charge is 2.13. The molecule has 2 aromatic rings. The average Bonchev–Trinajstić information content (AvgIpc) is 2.66. The quantitative estimate of drug-likeness (QED) is 0.238. The number of nitrogens with one attached hydrogen (secondary N) is 2. The first-order chi connectivity index (χ1) is 12.6. The van der Waals surface area contributed by atoms with Crippen molar-refractivity contribution in [3.63, 3.8) is 0 Å². The molecule has 148 valence electrons. The second-order valence-electron chi connectivity index (χ2n) is 5.48. The topological polar surface area (TPSA) is 79.8 Å². The minimum atomic E-state index is -3.32. The lowest BCUT2D eigenvalue weighted by Crippen LogP contribution is -2.39. The highest BCUT2D eigenvalue weighted by atomic mass is 127. The van der Waals surface area contributed by atoms with Crippen LogP contribution in [0, 0.1) is 0 Å². The largest absolute Gasteiger partial charge is 0.492 e. The minimum absolute atomic E-state index is 0. The Hall–Kier alpha value is -1.81. The molecular weight excluding hydrogens is 477 g/mol. The molecule has 0 fully saturated rings. The van der Waals surface area contributed by atoms with Crippen LogP contribution in [-0.4, -0.2) is 46.4 Å². The summed E-state index contributed by atoms with van der Waals surface area (Å²) in [7, 11) is -3.32. The van der Waals surface area contributed by atoms with E-state index in [0.29, 0.717) is 30.6 Å². The van der Waals surface area contributed by atoms with Gasteiger partial charge >= 0.3 is 0 Å². The molecule has 0 saturated carbocycles. The van der Waals surface area contributed by atoms with Crippen LogP contribution in [0.3, 0.4) is 0 Å². The Morgan fingerprint density at radius 3 is 2.26 bits per heavy atom. The van der Waals surface area contributed by atoms with Crippen molar-refractivity contribution in [1.29, 1.82) is 0 Å². The zero-order valence-electron chi connectivity index (χ0n) is 15.3. The molecule has 0 radical (unpaired) electrons. The van der Waals surface area contributed by atoms with Gasteiger partial charge in [0.15, 0.2) is 15.8 Å². The highest BCUT2D eigenvalue weighted by molar-refractivity contribution is 14.0. The molecule has 0 amide bonds. The number of hydrogen-bond acceptors (Lipinski definition) is 4. The lowest BCUT2D eigenvalue weighted by molar-refractivity contribution is 0.322. The van der Waals surface area contributed by atoms with Crippen molar-refractivity contribution >= 4 is 39.8 Å².